The summed E-state index contributed by atoms with van der Waals surface area (Å²) in [4.78, 5) is 0. The third kappa shape index (κ3) is 3.71. The van der Waals surface area contributed by atoms with Gasteiger partial charge in [-0.15, -0.1) is 0 Å². The molecule has 0 aromatic heterocycles. The Labute approximate surface area is 115 Å². The van der Waals surface area contributed by atoms with Crippen molar-refractivity contribution in [2.24, 2.45) is 11.8 Å². The highest BCUT2D eigenvalue weighted by molar-refractivity contribution is 6.30. The van der Waals surface area contributed by atoms with Crippen molar-refractivity contribution in [3.63, 3.8) is 0 Å². The summed E-state index contributed by atoms with van der Waals surface area (Å²) in [5.41, 5.74) is 1.24. The number of hydrogen-bond acceptors (Lipinski definition) is 2. The maximum Gasteiger partial charge on any atom is 0.0866 e. The van der Waals surface area contributed by atoms with Crippen molar-refractivity contribution in [1.29, 1.82) is 0 Å². The Balaban J connectivity index is 1.92. The molecule has 0 aliphatic carbocycles. The zero-order valence-corrected chi connectivity index (χ0v) is 11.9. The molecule has 1 N–H and O–H groups in total. The number of rotatable bonds is 5. The van der Waals surface area contributed by atoms with Gasteiger partial charge in [0, 0.05) is 24.1 Å². The fraction of sp³-hybridized carbons (Fsp3) is 0.600. The van der Waals surface area contributed by atoms with Gasteiger partial charge in [0.1, 0.15) is 0 Å². The Bertz CT molecular complexity index is 363. The predicted octanol–water partition coefficient (Wildman–Crippen LogP) is 3.66. The smallest absolute Gasteiger partial charge is 0.0866 e. The van der Waals surface area contributed by atoms with E-state index in [2.05, 4.69) is 31.3 Å². The number of halogens is 1. The van der Waals surface area contributed by atoms with Gasteiger partial charge in [0.15, 0.2) is 0 Å². The van der Waals surface area contributed by atoms with Crippen molar-refractivity contribution >= 4 is 11.6 Å². The lowest BCUT2D eigenvalue weighted by atomic mass is 9.95. The third-order valence-corrected chi connectivity index (χ3v) is 3.62. The first kappa shape index (κ1) is 13.9. The molecule has 1 aliphatic heterocycles. The molecule has 3 heteroatoms. The molecule has 1 aromatic rings. The molecular weight excluding hydrogens is 246 g/mol. The first-order chi connectivity index (χ1) is 8.66. The predicted molar refractivity (Wildman–Crippen MR) is 76.0 cm³/mol. The maximum atomic E-state index is 5.92. The topological polar surface area (TPSA) is 21.3 Å². The molecule has 1 aromatic carbocycles. The van der Waals surface area contributed by atoms with Crippen LogP contribution in [0.5, 0.6) is 0 Å². The van der Waals surface area contributed by atoms with Crippen LogP contribution in [-0.2, 0) is 4.74 Å². The van der Waals surface area contributed by atoms with Gasteiger partial charge in [-0.1, -0.05) is 37.6 Å². The van der Waals surface area contributed by atoms with Crippen molar-refractivity contribution in [2.75, 3.05) is 19.7 Å². The monoisotopic (exact) mass is 267 g/mol. The van der Waals surface area contributed by atoms with E-state index < -0.39 is 0 Å². The van der Waals surface area contributed by atoms with E-state index in [1.165, 1.54) is 5.56 Å². The quantitative estimate of drug-likeness (QED) is 0.879. The molecule has 2 nitrogen and oxygen atoms in total. The molecular formula is C15H22ClNO. The Kier molecular flexibility index (Phi) is 5.04. The Hall–Kier alpha value is -0.570. The van der Waals surface area contributed by atoms with Crippen molar-refractivity contribution in [2.45, 2.75) is 26.4 Å². The molecule has 100 valence electrons. The van der Waals surface area contributed by atoms with Gasteiger partial charge in [-0.3, -0.25) is 0 Å². The van der Waals surface area contributed by atoms with Crippen LogP contribution in [0.2, 0.25) is 5.02 Å². The van der Waals surface area contributed by atoms with Crippen molar-refractivity contribution < 1.29 is 4.74 Å². The molecule has 2 rings (SSSR count). The van der Waals surface area contributed by atoms with Gasteiger partial charge in [-0.05, 0) is 36.6 Å². The zero-order valence-electron chi connectivity index (χ0n) is 11.2. The lowest BCUT2D eigenvalue weighted by molar-refractivity contribution is 0.0904. The van der Waals surface area contributed by atoms with Crippen LogP contribution in [0.4, 0.5) is 0 Å². The van der Waals surface area contributed by atoms with E-state index in [-0.39, 0.29) is 6.10 Å². The second-order valence-electron chi connectivity index (χ2n) is 5.44. The molecule has 2 unspecified atom stereocenters. The van der Waals surface area contributed by atoms with Crippen LogP contribution in [0.15, 0.2) is 24.3 Å². The molecule has 0 saturated carbocycles. The number of nitrogens with one attached hydrogen (secondary N) is 1. The first-order valence-electron chi connectivity index (χ1n) is 6.74. The summed E-state index contributed by atoms with van der Waals surface area (Å²) in [6.07, 6.45) is 1.36. The Morgan fingerprint density at radius 3 is 2.72 bits per heavy atom. The lowest BCUT2D eigenvalue weighted by Crippen LogP contribution is -2.27. The molecule has 1 heterocycles. The molecule has 2 atom stereocenters. The molecule has 1 fully saturated rings. The van der Waals surface area contributed by atoms with E-state index in [1.54, 1.807) is 0 Å². The van der Waals surface area contributed by atoms with Crippen LogP contribution in [0.3, 0.4) is 0 Å². The summed E-state index contributed by atoms with van der Waals surface area (Å²) in [6, 6.07) is 8.04. The van der Waals surface area contributed by atoms with Gasteiger partial charge >= 0.3 is 0 Å². The standard InChI is InChI=1S/C15H22ClNO/c1-11(2)9-17-10-13-7-8-18-15(13)12-3-5-14(16)6-4-12/h3-6,11,13,15,17H,7-10H2,1-2H3. The molecule has 1 aliphatic rings. The van der Waals surface area contributed by atoms with Crippen LogP contribution >= 0.6 is 11.6 Å². The van der Waals surface area contributed by atoms with Gasteiger partial charge in [-0.2, -0.15) is 0 Å². The summed E-state index contributed by atoms with van der Waals surface area (Å²) in [6.45, 7) is 7.43. The average molecular weight is 268 g/mol. The summed E-state index contributed by atoms with van der Waals surface area (Å²) in [5, 5.41) is 4.32. The summed E-state index contributed by atoms with van der Waals surface area (Å²) >= 11 is 5.92. The maximum absolute atomic E-state index is 5.92. The van der Waals surface area contributed by atoms with E-state index in [4.69, 9.17) is 16.3 Å². The molecule has 1 saturated heterocycles. The van der Waals surface area contributed by atoms with Crippen molar-refractivity contribution in [1.82, 2.24) is 5.32 Å². The average Bonchev–Trinajstić information content (AvgIpc) is 2.78. The second kappa shape index (κ2) is 6.55. The van der Waals surface area contributed by atoms with Crippen molar-refractivity contribution in [3.05, 3.63) is 34.9 Å². The molecule has 0 spiro atoms. The van der Waals surface area contributed by atoms with E-state index in [0.29, 0.717) is 11.8 Å². The van der Waals surface area contributed by atoms with Gasteiger partial charge in [0.05, 0.1) is 6.10 Å². The lowest BCUT2D eigenvalue weighted by Gasteiger charge is -2.20. The van der Waals surface area contributed by atoms with Gasteiger partial charge < -0.3 is 10.1 Å². The fourth-order valence-electron chi connectivity index (χ4n) is 2.42. The minimum atomic E-state index is 0.224. The van der Waals surface area contributed by atoms with Crippen LogP contribution in [-0.4, -0.2) is 19.7 Å². The zero-order chi connectivity index (χ0) is 13.0. The highest BCUT2D eigenvalue weighted by Crippen LogP contribution is 2.34. The molecule has 0 bridgehead atoms. The summed E-state index contributed by atoms with van der Waals surface area (Å²) in [5.74, 6) is 1.27. The summed E-state index contributed by atoms with van der Waals surface area (Å²) in [7, 11) is 0. The van der Waals surface area contributed by atoms with Crippen molar-refractivity contribution in [3.8, 4) is 0 Å². The minimum absolute atomic E-state index is 0.224. The fourth-order valence-corrected chi connectivity index (χ4v) is 2.55. The van der Waals surface area contributed by atoms with E-state index >= 15 is 0 Å². The van der Waals surface area contributed by atoms with E-state index in [0.717, 1.165) is 31.1 Å². The van der Waals surface area contributed by atoms with E-state index in [9.17, 15) is 0 Å². The van der Waals surface area contributed by atoms with Gasteiger partial charge in [-0.25, -0.2) is 0 Å². The number of ether oxygens (including phenoxy) is 1. The third-order valence-electron chi connectivity index (χ3n) is 3.37. The number of benzene rings is 1. The second-order valence-corrected chi connectivity index (χ2v) is 5.88. The highest BCUT2D eigenvalue weighted by Gasteiger charge is 2.29. The van der Waals surface area contributed by atoms with E-state index in [1.807, 2.05) is 12.1 Å². The van der Waals surface area contributed by atoms with Crippen LogP contribution in [0.1, 0.15) is 31.9 Å². The Morgan fingerprint density at radius 1 is 1.33 bits per heavy atom. The largest absolute Gasteiger partial charge is 0.373 e. The number of hydrogen-bond donors (Lipinski definition) is 1. The SMILES string of the molecule is CC(C)CNCC1CCOC1c1ccc(Cl)cc1. The van der Waals surface area contributed by atoms with Gasteiger partial charge in [0.25, 0.3) is 0 Å². The highest BCUT2D eigenvalue weighted by atomic mass is 35.5. The summed E-state index contributed by atoms with van der Waals surface area (Å²) < 4.78 is 5.87. The normalized spacial score (nSPS) is 23.8. The van der Waals surface area contributed by atoms with Crippen LogP contribution in [0.25, 0.3) is 0 Å². The van der Waals surface area contributed by atoms with Gasteiger partial charge in [0.2, 0.25) is 0 Å². The Morgan fingerprint density at radius 2 is 2.06 bits per heavy atom. The first-order valence-corrected chi connectivity index (χ1v) is 7.12. The van der Waals surface area contributed by atoms with Crippen LogP contribution < -0.4 is 5.32 Å². The van der Waals surface area contributed by atoms with Crippen LogP contribution in [0, 0.1) is 11.8 Å². The minimum Gasteiger partial charge on any atom is -0.373 e. The molecule has 18 heavy (non-hydrogen) atoms. The molecule has 0 amide bonds. The molecule has 0 radical (unpaired) electrons.